The summed E-state index contributed by atoms with van der Waals surface area (Å²) in [7, 11) is 0. The number of pyridine rings is 1. The van der Waals surface area contributed by atoms with Crippen molar-refractivity contribution < 1.29 is 60.1 Å². The Balaban J connectivity index is 1.50. The Hall–Kier alpha value is -4.87. The molecule has 3 N–H and O–H groups in total. The molecule has 0 radical (unpaired) electrons. The topological polar surface area (TPSA) is 152 Å². The average Bonchev–Trinajstić information content (AvgIpc) is 3.64. The number of aliphatic carboxylic acids is 1. The highest BCUT2D eigenvalue weighted by molar-refractivity contribution is 7.10. The Kier molecular flexibility index (Phi) is 12.9. The summed E-state index contributed by atoms with van der Waals surface area (Å²) < 4.78 is 95.6. The molecule has 304 valence electrons. The normalized spacial score (nSPS) is 20.0. The van der Waals surface area contributed by atoms with E-state index < -0.39 is 69.2 Å². The van der Waals surface area contributed by atoms with E-state index in [-0.39, 0.29) is 70.5 Å². The molecule has 2 aliphatic rings. The third-order valence-corrected chi connectivity index (χ3v) is 11.3. The predicted molar refractivity (Wildman–Crippen MR) is 191 cm³/mol. The molecule has 3 amide bonds. The van der Waals surface area contributed by atoms with Crippen LogP contribution >= 0.6 is 11.3 Å². The second-order valence-corrected chi connectivity index (χ2v) is 14.8. The predicted octanol–water partition coefficient (Wildman–Crippen LogP) is 7.08. The minimum absolute atomic E-state index is 0.00415. The van der Waals surface area contributed by atoms with Gasteiger partial charge in [0.05, 0.1) is 23.6 Å². The van der Waals surface area contributed by atoms with Crippen LogP contribution in [0.2, 0.25) is 0 Å². The number of aromatic nitrogens is 1. The number of carboxylic acid groups (broad SMARTS) is 1. The van der Waals surface area contributed by atoms with Crippen molar-refractivity contribution >= 4 is 35.0 Å². The summed E-state index contributed by atoms with van der Waals surface area (Å²) in [6, 6.07) is 8.02. The van der Waals surface area contributed by atoms with Crippen LogP contribution in [-0.2, 0) is 32.2 Å². The second kappa shape index (κ2) is 17.1. The number of carbonyl (C=O) groups excluding carboxylic acids is 3. The fourth-order valence-electron chi connectivity index (χ4n) is 7.63. The number of carbonyl (C=O) groups is 4. The summed E-state index contributed by atoms with van der Waals surface area (Å²) in [5.74, 6) is -3.38. The lowest BCUT2D eigenvalue weighted by atomic mass is 9.71. The van der Waals surface area contributed by atoms with Gasteiger partial charge in [0.1, 0.15) is 22.1 Å². The highest BCUT2D eigenvalue weighted by Gasteiger charge is 2.57. The van der Waals surface area contributed by atoms with E-state index in [1.54, 1.807) is 31.2 Å². The monoisotopic (exact) mass is 812 g/mol. The number of likely N-dealkylation sites (tertiary alicyclic amines) is 2. The zero-order valence-corrected chi connectivity index (χ0v) is 31.3. The molecular weight excluding hydrogens is 770 g/mol. The highest BCUT2D eigenvalue weighted by Crippen LogP contribution is 2.45. The van der Waals surface area contributed by atoms with Crippen molar-refractivity contribution in [2.75, 3.05) is 26.2 Å². The number of ether oxygens (including phenoxy) is 2. The number of hydrogen-bond donors (Lipinski definition) is 2. The smallest absolute Gasteiger partial charge is 0.425 e. The van der Waals surface area contributed by atoms with Crippen LogP contribution in [0.4, 0.5) is 26.3 Å². The van der Waals surface area contributed by atoms with Crippen molar-refractivity contribution in [1.82, 2.24) is 14.8 Å². The molecule has 0 saturated carbocycles. The van der Waals surface area contributed by atoms with Gasteiger partial charge in [-0.25, -0.2) is 0 Å². The molecule has 5 rings (SSSR count). The molecule has 0 aliphatic carbocycles. The fourth-order valence-corrected chi connectivity index (χ4v) is 8.31. The summed E-state index contributed by atoms with van der Waals surface area (Å²) in [5.41, 5.74) is 0.998. The van der Waals surface area contributed by atoms with Gasteiger partial charge in [0.25, 0.3) is 11.8 Å². The maximum absolute atomic E-state index is 15.0. The van der Waals surface area contributed by atoms with Crippen molar-refractivity contribution in [2.24, 2.45) is 5.73 Å². The number of alkyl halides is 6. The number of halogens is 6. The van der Waals surface area contributed by atoms with Crippen LogP contribution in [0.5, 0.6) is 11.5 Å². The molecule has 2 aliphatic heterocycles. The lowest BCUT2D eigenvalue weighted by Crippen LogP contribution is -2.69. The van der Waals surface area contributed by atoms with E-state index in [1.807, 2.05) is 0 Å². The number of nitrogens with two attached hydrogens (primary N) is 1. The maximum Gasteiger partial charge on any atom is 0.425 e. The SMILES string of the molecule is CCCC1N(C(=O)c2ncccc2C(F)(F)F)CCCC1(Oc1csc(C(F)(F)F)c1)C(=O)N1CCC(C(N)=O)(c2ccccc2OCCCCC(=O)O)CC1. The fraction of sp³-hybridized carbons (Fsp3) is 0.500. The molecule has 0 bridgehead atoms. The van der Waals surface area contributed by atoms with Crippen LogP contribution in [0.15, 0.2) is 54.0 Å². The van der Waals surface area contributed by atoms with Gasteiger partial charge in [-0.1, -0.05) is 31.5 Å². The largest absolute Gasteiger partial charge is 0.493 e. The maximum atomic E-state index is 15.0. The van der Waals surface area contributed by atoms with Gasteiger partial charge in [-0.3, -0.25) is 24.2 Å². The van der Waals surface area contributed by atoms with Crippen molar-refractivity contribution in [1.29, 1.82) is 0 Å². The van der Waals surface area contributed by atoms with Crippen LogP contribution in [0.3, 0.4) is 0 Å². The molecule has 11 nitrogen and oxygen atoms in total. The number of primary amides is 1. The number of rotatable bonds is 14. The second-order valence-electron chi connectivity index (χ2n) is 13.9. The van der Waals surface area contributed by atoms with Gasteiger partial charge in [-0.15, -0.1) is 11.3 Å². The Bertz CT molecular complexity index is 1900. The first kappa shape index (κ1) is 42.3. The molecular formula is C38H42F6N4O7S. The number of hydrogen-bond acceptors (Lipinski definition) is 8. The molecule has 0 spiro atoms. The van der Waals surface area contributed by atoms with Gasteiger partial charge >= 0.3 is 18.3 Å². The molecule has 2 aromatic heterocycles. The van der Waals surface area contributed by atoms with Gasteiger partial charge in [0, 0.05) is 55.7 Å². The lowest BCUT2D eigenvalue weighted by Gasteiger charge is -2.51. The molecule has 18 heteroatoms. The molecule has 2 atom stereocenters. The zero-order valence-electron chi connectivity index (χ0n) is 30.5. The standard InChI is InChI=1S/C38H42F6N4O7S/c1-2-9-28-36(55-24-22-29(56-23-24)38(42,43)44,14-8-18-48(28)32(51)31-26(37(39,40)41)11-7-17-46-31)34(53)47-19-15-35(16-20-47,33(45)52)25-10-3-4-12-27(25)54-21-6-5-13-30(49)50/h3-4,7,10-12,17,22-23,28H,2,5-6,8-9,13-16,18-21H2,1H3,(H2,45,52)(H,49,50). The van der Waals surface area contributed by atoms with Gasteiger partial charge < -0.3 is 30.1 Å². The number of piperidine rings is 2. The van der Waals surface area contributed by atoms with Gasteiger partial charge in [-0.05, 0) is 56.7 Å². The first-order chi connectivity index (χ1) is 26.4. The summed E-state index contributed by atoms with van der Waals surface area (Å²) in [4.78, 5) is 58.5. The summed E-state index contributed by atoms with van der Waals surface area (Å²) >= 11 is 0.346. The van der Waals surface area contributed by atoms with E-state index in [0.29, 0.717) is 41.9 Å². The summed E-state index contributed by atoms with van der Waals surface area (Å²) in [5, 5.41) is 10.0. The van der Waals surface area contributed by atoms with Crippen molar-refractivity contribution in [3.63, 3.8) is 0 Å². The average molecular weight is 813 g/mol. The molecule has 2 saturated heterocycles. The summed E-state index contributed by atoms with van der Waals surface area (Å²) in [6.07, 6.45) is -7.52. The molecule has 2 unspecified atom stereocenters. The van der Waals surface area contributed by atoms with E-state index in [2.05, 4.69) is 4.98 Å². The molecule has 4 heterocycles. The Labute approximate surface area is 322 Å². The first-order valence-electron chi connectivity index (χ1n) is 18.2. The molecule has 56 heavy (non-hydrogen) atoms. The van der Waals surface area contributed by atoms with Crippen LogP contribution < -0.4 is 15.2 Å². The molecule has 3 aromatic rings. The van der Waals surface area contributed by atoms with Crippen molar-refractivity contribution in [3.05, 3.63) is 75.7 Å². The summed E-state index contributed by atoms with van der Waals surface area (Å²) in [6.45, 7) is 1.66. The number of carboxylic acids is 1. The number of unbranched alkanes of at least 4 members (excludes halogenated alkanes) is 1. The number of amides is 3. The Morgan fingerprint density at radius 1 is 0.982 bits per heavy atom. The Morgan fingerprint density at radius 2 is 1.70 bits per heavy atom. The van der Waals surface area contributed by atoms with Crippen LogP contribution in [0.25, 0.3) is 0 Å². The van der Waals surface area contributed by atoms with E-state index in [1.165, 1.54) is 4.90 Å². The minimum atomic E-state index is -4.94. The number of para-hydroxylation sites is 1. The van der Waals surface area contributed by atoms with Gasteiger partial charge in [0.15, 0.2) is 0 Å². The zero-order chi connectivity index (χ0) is 40.9. The van der Waals surface area contributed by atoms with E-state index in [0.717, 1.165) is 34.7 Å². The van der Waals surface area contributed by atoms with E-state index in [4.69, 9.17) is 20.3 Å². The van der Waals surface area contributed by atoms with Crippen LogP contribution in [0.1, 0.15) is 91.2 Å². The van der Waals surface area contributed by atoms with Crippen molar-refractivity contribution in [2.45, 2.75) is 94.1 Å². The minimum Gasteiger partial charge on any atom is -0.493 e. The third kappa shape index (κ3) is 8.89. The lowest BCUT2D eigenvalue weighted by molar-refractivity contribution is -0.161. The van der Waals surface area contributed by atoms with Gasteiger partial charge in [-0.2, -0.15) is 26.3 Å². The van der Waals surface area contributed by atoms with Crippen LogP contribution in [-0.4, -0.2) is 81.5 Å². The van der Waals surface area contributed by atoms with Crippen molar-refractivity contribution in [3.8, 4) is 11.5 Å². The molecule has 1 aromatic carbocycles. The number of nitrogens with zero attached hydrogens (tertiary/aromatic N) is 3. The molecule has 2 fully saturated rings. The van der Waals surface area contributed by atoms with E-state index >= 15 is 4.79 Å². The number of benzene rings is 1. The van der Waals surface area contributed by atoms with E-state index in [9.17, 15) is 40.7 Å². The first-order valence-corrected chi connectivity index (χ1v) is 19.0. The quantitative estimate of drug-likeness (QED) is 0.129. The highest BCUT2D eigenvalue weighted by atomic mass is 32.1. The number of thiophene rings is 1. The van der Waals surface area contributed by atoms with Crippen LogP contribution in [0, 0.1) is 0 Å². The van der Waals surface area contributed by atoms with Gasteiger partial charge in [0.2, 0.25) is 11.5 Å². The Morgan fingerprint density at radius 3 is 2.32 bits per heavy atom. The third-order valence-electron chi connectivity index (χ3n) is 10.3.